The fraction of sp³-hybridized carbons (Fsp3) is 0.238. The van der Waals surface area contributed by atoms with Gasteiger partial charge in [0, 0.05) is 10.00 Å². The molecule has 0 amide bonds. The average molecular weight is 338 g/mol. The largest absolute Gasteiger partial charge is 0.144 e. The molecule has 3 rings (SSSR count). The van der Waals surface area contributed by atoms with Crippen molar-refractivity contribution in [2.45, 2.75) is 30.8 Å². The summed E-state index contributed by atoms with van der Waals surface area (Å²) in [5, 5.41) is 4.89. The zero-order valence-corrected chi connectivity index (χ0v) is 15.6. The minimum absolute atomic E-state index is 0.257. The summed E-state index contributed by atoms with van der Waals surface area (Å²) < 4.78 is 0.257. The van der Waals surface area contributed by atoms with Crippen LogP contribution in [0.5, 0.6) is 0 Å². The van der Waals surface area contributed by atoms with Crippen LogP contribution in [0.3, 0.4) is 0 Å². The Morgan fingerprint density at radius 2 is 1.35 bits per heavy atom. The number of allylic oxidation sites excluding steroid dienone is 2. The van der Waals surface area contributed by atoms with E-state index in [4.69, 9.17) is 0 Å². The first kappa shape index (κ1) is 16.6. The lowest BCUT2D eigenvalue weighted by Crippen LogP contribution is -2.19. The Kier molecular flexibility index (Phi) is 5.09. The lowest BCUT2D eigenvalue weighted by atomic mass is 10.3. The van der Waals surface area contributed by atoms with Gasteiger partial charge < -0.3 is 0 Å². The number of benzene rings is 2. The van der Waals surface area contributed by atoms with Gasteiger partial charge in [-0.2, -0.15) is 0 Å². The van der Waals surface area contributed by atoms with Crippen molar-refractivity contribution in [1.82, 2.24) is 0 Å². The first-order valence-electron chi connectivity index (χ1n) is 8.01. The molecular formula is C21H23PS. The molecule has 1 aliphatic carbocycles. The summed E-state index contributed by atoms with van der Waals surface area (Å²) in [5.41, 5.74) is 0. The van der Waals surface area contributed by atoms with Crippen LogP contribution < -0.4 is 10.6 Å². The summed E-state index contributed by atoms with van der Waals surface area (Å²) in [6.45, 7) is 6.90. The minimum Gasteiger partial charge on any atom is -0.144 e. The molecule has 0 nitrogen and oxygen atoms in total. The Balaban J connectivity index is 2.00. The van der Waals surface area contributed by atoms with Crippen molar-refractivity contribution in [1.29, 1.82) is 0 Å². The second-order valence-corrected chi connectivity index (χ2v) is 10.8. The van der Waals surface area contributed by atoms with Crippen LogP contribution >= 0.6 is 19.7 Å². The molecule has 2 heteroatoms. The molecule has 118 valence electrons. The highest BCUT2D eigenvalue weighted by Gasteiger charge is 2.29. The van der Waals surface area contributed by atoms with Crippen LogP contribution in [0.1, 0.15) is 20.8 Å². The lowest BCUT2D eigenvalue weighted by molar-refractivity contribution is 0.801. The second kappa shape index (κ2) is 7.07. The summed E-state index contributed by atoms with van der Waals surface area (Å²) >= 11 is 2.05. The van der Waals surface area contributed by atoms with Gasteiger partial charge >= 0.3 is 0 Å². The smallest absolute Gasteiger partial charge is 0.0496 e. The third-order valence-electron chi connectivity index (χ3n) is 3.61. The zero-order valence-electron chi connectivity index (χ0n) is 13.9. The van der Waals surface area contributed by atoms with Crippen LogP contribution in [-0.4, -0.2) is 10.00 Å². The highest BCUT2D eigenvalue weighted by molar-refractivity contribution is 8.02. The normalized spacial score (nSPS) is 17.6. The Bertz CT molecular complexity index is 656. The Morgan fingerprint density at radius 3 is 1.83 bits per heavy atom. The Morgan fingerprint density at radius 1 is 0.826 bits per heavy atom. The maximum atomic E-state index is 2.35. The van der Waals surface area contributed by atoms with Gasteiger partial charge in [0.15, 0.2) is 0 Å². The van der Waals surface area contributed by atoms with E-state index in [-0.39, 0.29) is 4.75 Å². The van der Waals surface area contributed by atoms with Gasteiger partial charge in [-0.3, -0.25) is 0 Å². The molecule has 1 unspecified atom stereocenters. The highest BCUT2D eigenvalue weighted by Crippen LogP contribution is 2.51. The number of hydrogen-bond acceptors (Lipinski definition) is 1. The molecular weight excluding hydrogens is 315 g/mol. The van der Waals surface area contributed by atoms with E-state index >= 15 is 0 Å². The van der Waals surface area contributed by atoms with Crippen LogP contribution in [0.2, 0.25) is 0 Å². The van der Waals surface area contributed by atoms with Gasteiger partial charge in [-0.15, -0.1) is 11.8 Å². The molecule has 0 N–H and O–H groups in total. The average Bonchev–Trinajstić information content (AvgIpc) is 2.96. The minimum atomic E-state index is -0.467. The molecule has 2 aromatic rings. The predicted octanol–water partition coefficient (Wildman–Crippen LogP) is 5.47. The monoisotopic (exact) mass is 338 g/mol. The van der Waals surface area contributed by atoms with E-state index in [9.17, 15) is 0 Å². The van der Waals surface area contributed by atoms with Gasteiger partial charge in [0.1, 0.15) is 0 Å². The molecule has 0 heterocycles. The Labute approximate surface area is 145 Å². The second-order valence-electron chi connectivity index (χ2n) is 6.63. The number of hydrogen-bond donors (Lipinski definition) is 0. The SMILES string of the molecule is CC(C)(C)SC1C=CC=C1P(c1ccccc1)c1ccccc1. The molecule has 0 saturated heterocycles. The van der Waals surface area contributed by atoms with Crippen molar-refractivity contribution in [3.63, 3.8) is 0 Å². The molecule has 0 aromatic heterocycles. The van der Waals surface area contributed by atoms with Crippen LogP contribution in [0, 0.1) is 0 Å². The van der Waals surface area contributed by atoms with Gasteiger partial charge in [-0.25, -0.2) is 0 Å². The van der Waals surface area contributed by atoms with Crippen LogP contribution in [-0.2, 0) is 0 Å². The molecule has 0 fully saturated rings. The summed E-state index contributed by atoms with van der Waals surface area (Å²) in [6.07, 6.45) is 6.93. The third kappa shape index (κ3) is 4.16. The Hall–Kier alpha value is -1.30. The molecule has 0 bridgehead atoms. The van der Waals surface area contributed by atoms with E-state index in [1.807, 2.05) is 0 Å². The summed E-state index contributed by atoms with van der Waals surface area (Å²) in [4.78, 5) is 0. The fourth-order valence-electron chi connectivity index (χ4n) is 2.73. The maximum absolute atomic E-state index is 2.35. The molecule has 1 atom stereocenters. The van der Waals surface area contributed by atoms with E-state index in [1.54, 1.807) is 5.31 Å². The van der Waals surface area contributed by atoms with Crippen molar-refractivity contribution >= 4 is 30.3 Å². The van der Waals surface area contributed by atoms with Crippen molar-refractivity contribution in [3.8, 4) is 0 Å². The highest BCUT2D eigenvalue weighted by atomic mass is 32.2. The van der Waals surface area contributed by atoms with E-state index in [0.29, 0.717) is 5.25 Å². The summed E-state index contributed by atoms with van der Waals surface area (Å²) in [7, 11) is -0.467. The standard InChI is InChI=1S/C21H23PS/c1-21(2,3)23-20-16-10-15-19(20)22(17-11-6-4-7-12-17)18-13-8-5-9-14-18/h4-16,20H,1-3H3. The molecule has 23 heavy (non-hydrogen) atoms. The van der Waals surface area contributed by atoms with Gasteiger partial charge in [0.25, 0.3) is 0 Å². The van der Waals surface area contributed by atoms with Crippen molar-refractivity contribution < 1.29 is 0 Å². The first-order chi connectivity index (χ1) is 11.0. The summed E-state index contributed by atoms with van der Waals surface area (Å²) in [5.74, 6) is 0. The molecule has 0 saturated carbocycles. The molecule has 0 radical (unpaired) electrons. The predicted molar refractivity (Wildman–Crippen MR) is 107 cm³/mol. The van der Waals surface area contributed by atoms with Crippen molar-refractivity contribution in [2.75, 3.05) is 0 Å². The van der Waals surface area contributed by atoms with E-state index < -0.39 is 7.92 Å². The van der Waals surface area contributed by atoms with Crippen LogP contribution in [0.4, 0.5) is 0 Å². The molecule has 2 aromatic carbocycles. The maximum Gasteiger partial charge on any atom is 0.0496 e. The van der Waals surface area contributed by atoms with Crippen molar-refractivity contribution in [3.05, 3.63) is 84.2 Å². The quantitative estimate of drug-likeness (QED) is 0.666. The van der Waals surface area contributed by atoms with Gasteiger partial charge in [0.2, 0.25) is 0 Å². The molecule has 1 aliphatic rings. The zero-order chi connectivity index (χ0) is 16.3. The summed E-state index contributed by atoms with van der Waals surface area (Å²) in [6, 6.07) is 21.9. The van der Waals surface area contributed by atoms with E-state index in [1.165, 1.54) is 10.6 Å². The number of thioether (sulfide) groups is 1. The molecule has 0 aliphatic heterocycles. The third-order valence-corrected chi connectivity index (χ3v) is 7.73. The lowest BCUT2D eigenvalue weighted by Gasteiger charge is -2.29. The van der Waals surface area contributed by atoms with E-state index in [2.05, 4.69) is 111 Å². The fourth-order valence-corrected chi connectivity index (χ4v) is 6.75. The van der Waals surface area contributed by atoms with Gasteiger partial charge in [-0.05, 0) is 23.8 Å². The topological polar surface area (TPSA) is 0 Å². The number of rotatable bonds is 4. The first-order valence-corrected chi connectivity index (χ1v) is 10.2. The van der Waals surface area contributed by atoms with Crippen LogP contribution in [0.25, 0.3) is 0 Å². The van der Waals surface area contributed by atoms with Gasteiger partial charge in [0.05, 0.1) is 0 Å². The van der Waals surface area contributed by atoms with E-state index in [0.717, 1.165) is 0 Å². The van der Waals surface area contributed by atoms with Crippen LogP contribution in [0.15, 0.2) is 84.2 Å². The molecule has 0 spiro atoms. The van der Waals surface area contributed by atoms with Crippen molar-refractivity contribution in [2.24, 2.45) is 0 Å². The van der Waals surface area contributed by atoms with Gasteiger partial charge in [-0.1, -0.05) is 99.7 Å².